The average molecular weight is 439 g/mol. The Bertz CT molecular complexity index is 987. The molecule has 2 aromatic carbocycles. The minimum Gasteiger partial charge on any atom is -0.506 e. The van der Waals surface area contributed by atoms with E-state index in [9.17, 15) is 27.5 Å². The van der Waals surface area contributed by atoms with Crippen LogP contribution in [0.15, 0.2) is 30.3 Å². The average Bonchev–Trinajstić information content (AvgIpc) is 3.54. The first-order valence-electron chi connectivity index (χ1n) is 9.86. The van der Waals surface area contributed by atoms with Crippen LogP contribution in [0.4, 0.5) is 34.6 Å². The Hall–Kier alpha value is -3.01. The second-order valence-electron chi connectivity index (χ2n) is 7.56. The Kier molecular flexibility index (Phi) is 5.65. The molecule has 1 amide bonds. The lowest BCUT2D eigenvalue weighted by atomic mass is 10.1. The van der Waals surface area contributed by atoms with E-state index in [4.69, 9.17) is 4.74 Å². The van der Waals surface area contributed by atoms with Crippen LogP contribution in [0.2, 0.25) is 0 Å². The third-order valence-electron chi connectivity index (χ3n) is 5.16. The third-order valence-corrected chi connectivity index (χ3v) is 5.16. The third kappa shape index (κ3) is 4.84. The molecule has 0 spiro atoms. The number of morpholine rings is 1. The number of halogens is 4. The zero-order valence-electron chi connectivity index (χ0n) is 16.4. The van der Waals surface area contributed by atoms with E-state index in [0.29, 0.717) is 26.3 Å². The number of rotatable bonds is 5. The highest BCUT2D eigenvalue weighted by atomic mass is 19.4. The molecule has 0 bridgehead atoms. The maximum atomic E-state index is 14.6. The number of alkyl halides is 3. The fourth-order valence-corrected chi connectivity index (χ4v) is 3.35. The second-order valence-corrected chi connectivity index (χ2v) is 7.56. The van der Waals surface area contributed by atoms with Crippen molar-refractivity contribution in [2.45, 2.75) is 25.1 Å². The van der Waals surface area contributed by atoms with Crippen LogP contribution >= 0.6 is 0 Å². The van der Waals surface area contributed by atoms with E-state index in [2.05, 4.69) is 10.6 Å². The van der Waals surface area contributed by atoms with Gasteiger partial charge in [-0.15, -0.1) is 0 Å². The second kappa shape index (κ2) is 8.26. The summed E-state index contributed by atoms with van der Waals surface area (Å²) < 4.78 is 59.6. The Labute approximate surface area is 175 Å². The van der Waals surface area contributed by atoms with E-state index in [1.54, 1.807) is 0 Å². The van der Waals surface area contributed by atoms with Crippen molar-refractivity contribution in [2.75, 3.05) is 36.9 Å². The number of carbonyl (C=O) groups excluding carboxylic acids is 1. The summed E-state index contributed by atoms with van der Waals surface area (Å²) in [5, 5.41) is 15.9. The van der Waals surface area contributed by atoms with Crippen LogP contribution in [0.3, 0.4) is 0 Å². The van der Waals surface area contributed by atoms with Gasteiger partial charge in [0.05, 0.1) is 30.0 Å². The molecule has 2 aliphatic rings. The number of nitrogens with one attached hydrogen (secondary N) is 2. The van der Waals surface area contributed by atoms with Gasteiger partial charge in [0.15, 0.2) is 0 Å². The number of carbonyl (C=O) groups is 1. The van der Waals surface area contributed by atoms with Crippen LogP contribution in [0.1, 0.15) is 28.8 Å². The summed E-state index contributed by atoms with van der Waals surface area (Å²) in [6.07, 6.45) is -2.94. The van der Waals surface area contributed by atoms with Gasteiger partial charge >= 0.3 is 6.18 Å². The van der Waals surface area contributed by atoms with Crippen molar-refractivity contribution in [1.29, 1.82) is 0 Å². The number of benzene rings is 2. The van der Waals surface area contributed by atoms with Crippen molar-refractivity contribution >= 4 is 23.0 Å². The molecule has 0 unspecified atom stereocenters. The summed E-state index contributed by atoms with van der Waals surface area (Å²) in [5.41, 5.74) is -0.995. The predicted octanol–water partition coefficient (Wildman–Crippen LogP) is 4.34. The van der Waals surface area contributed by atoms with Crippen LogP contribution in [-0.4, -0.2) is 48.3 Å². The number of ether oxygens (including phenoxy) is 1. The molecule has 31 heavy (non-hydrogen) atoms. The molecule has 1 aliphatic heterocycles. The molecule has 1 saturated heterocycles. The van der Waals surface area contributed by atoms with Crippen LogP contribution in [-0.2, 0) is 10.9 Å². The molecule has 1 aliphatic carbocycles. The largest absolute Gasteiger partial charge is 0.506 e. The highest BCUT2D eigenvalue weighted by molar-refractivity contribution is 5.96. The number of anilines is 3. The number of hydrogen-bond donors (Lipinski definition) is 3. The van der Waals surface area contributed by atoms with Crippen molar-refractivity contribution in [3.8, 4) is 5.75 Å². The number of aromatic hydroxyl groups is 1. The molecule has 0 atom stereocenters. The highest BCUT2D eigenvalue weighted by Gasteiger charge is 2.35. The van der Waals surface area contributed by atoms with E-state index in [0.717, 1.165) is 31.0 Å². The zero-order valence-corrected chi connectivity index (χ0v) is 16.4. The molecular formula is C21H21F4N3O3. The van der Waals surface area contributed by atoms with Crippen molar-refractivity contribution in [1.82, 2.24) is 4.90 Å². The van der Waals surface area contributed by atoms with Gasteiger partial charge in [-0.1, -0.05) is 0 Å². The smallest absolute Gasteiger partial charge is 0.418 e. The van der Waals surface area contributed by atoms with Gasteiger partial charge in [-0.2, -0.15) is 13.2 Å². The van der Waals surface area contributed by atoms with Crippen LogP contribution in [0.5, 0.6) is 5.75 Å². The maximum Gasteiger partial charge on any atom is 0.418 e. The Morgan fingerprint density at radius 2 is 1.81 bits per heavy atom. The fourth-order valence-electron chi connectivity index (χ4n) is 3.35. The Morgan fingerprint density at radius 1 is 1.10 bits per heavy atom. The SMILES string of the molecule is O=C(c1cc(O)c(Nc2ccc(C(F)(F)F)c(NC3CC3)c2)cc1F)N1CCOCC1. The fraction of sp³-hybridized carbons (Fsp3) is 0.381. The van der Waals surface area contributed by atoms with Gasteiger partial charge in [0.1, 0.15) is 11.6 Å². The molecule has 2 fully saturated rings. The van der Waals surface area contributed by atoms with Gasteiger partial charge < -0.3 is 25.4 Å². The van der Waals surface area contributed by atoms with Gasteiger partial charge in [-0.25, -0.2) is 4.39 Å². The van der Waals surface area contributed by atoms with Gasteiger partial charge in [0, 0.05) is 36.6 Å². The number of amides is 1. The first kappa shape index (κ1) is 21.2. The van der Waals surface area contributed by atoms with Gasteiger partial charge in [0.2, 0.25) is 0 Å². The topological polar surface area (TPSA) is 73.8 Å². The quantitative estimate of drug-likeness (QED) is 0.478. The summed E-state index contributed by atoms with van der Waals surface area (Å²) in [7, 11) is 0. The predicted molar refractivity (Wildman–Crippen MR) is 106 cm³/mol. The minimum atomic E-state index is -4.52. The minimum absolute atomic E-state index is 0.00678. The molecule has 2 aromatic rings. The monoisotopic (exact) mass is 439 g/mol. The van der Waals surface area contributed by atoms with Crippen molar-refractivity contribution in [2.24, 2.45) is 0 Å². The Morgan fingerprint density at radius 3 is 2.45 bits per heavy atom. The van der Waals surface area contributed by atoms with Crippen molar-refractivity contribution in [3.05, 3.63) is 47.3 Å². The Balaban J connectivity index is 1.57. The van der Waals surface area contributed by atoms with Crippen molar-refractivity contribution < 1.29 is 32.2 Å². The molecule has 1 saturated carbocycles. The van der Waals surface area contributed by atoms with Gasteiger partial charge in [-0.3, -0.25) is 4.79 Å². The molecule has 10 heteroatoms. The van der Waals surface area contributed by atoms with Crippen LogP contribution < -0.4 is 10.6 Å². The molecule has 1 heterocycles. The van der Waals surface area contributed by atoms with E-state index < -0.39 is 29.2 Å². The summed E-state index contributed by atoms with van der Waals surface area (Å²) >= 11 is 0. The number of phenols is 1. The van der Waals surface area contributed by atoms with Crippen molar-refractivity contribution in [3.63, 3.8) is 0 Å². The number of hydrogen-bond acceptors (Lipinski definition) is 5. The lowest BCUT2D eigenvalue weighted by molar-refractivity contribution is -0.136. The summed E-state index contributed by atoms with van der Waals surface area (Å²) in [6, 6.07) is 5.36. The molecular weight excluding hydrogens is 418 g/mol. The maximum absolute atomic E-state index is 14.6. The molecule has 4 rings (SSSR count). The standard InChI is InChI=1S/C21H21F4N3O3/c22-16-11-18(19(29)10-14(16)20(30)28-5-7-31-8-6-28)27-13-3-4-15(21(23,24)25)17(9-13)26-12-1-2-12/h3-4,9-12,26-27,29H,1-2,5-8H2. The van der Waals surface area contributed by atoms with Crippen LogP contribution in [0.25, 0.3) is 0 Å². The first-order valence-corrected chi connectivity index (χ1v) is 9.86. The molecule has 0 aromatic heterocycles. The lowest BCUT2D eigenvalue weighted by Crippen LogP contribution is -2.41. The first-order chi connectivity index (χ1) is 14.7. The zero-order chi connectivity index (χ0) is 22.2. The summed E-state index contributed by atoms with van der Waals surface area (Å²) in [6.45, 7) is 1.34. The van der Waals surface area contributed by atoms with Crippen LogP contribution in [0, 0.1) is 5.82 Å². The summed E-state index contributed by atoms with van der Waals surface area (Å²) in [5.74, 6) is -1.80. The number of phenolic OH excluding ortho intramolecular Hbond substituents is 1. The van der Waals surface area contributed by atoms with E-state index in [1.165, 1.54) is 17.0 Å². The van der Waals surface area contributed by atoms with Gasteiger partial charge in [-0.05, 0) is 37.1 Å². The molecule has 6 nitrogen and oxygen atoms in total. The lowest BCUT2D eigenvalue weighted by Gasteiger charge is -2.27. The van der Waals surface area contributed by atoms with Gasteiger partial charge in [0.25, 0.3) is 5.91 Å². The normalized spacial score (nSPS) is 16.8. The molecule has 166 valence electrons. The van der Waals surface area contributed by atoms with E-state index >= 15 is 0 Å². The molecule has 3 N–H and O–H groups in total. The summed E-state index contributed by atoms with van der Waals surface area (Å²) in [4.78, 5) is 13.9. The van der Waals surface area contributed by atoms with E-state index in [-0.39, 0.29) is 28.7 Å². The molecule has 0 radical (unpaired) electrons. The highest BCUT2D eigenvalue weighted by Crippen LogP contribution is 2.39. The number of nitrogens with zero attached hydrogens (tertiary/aromatic N) is 1. The van der Waals surface area contributed by atoms with E-state index in [1.807, 2.05) is 0 Å².